The first-order valence-corrected chi connectivity index (χ1v) is 13.1. The Kier molecular flexibility index (Phi) is 6.43. The highest BCUT2D eigenvalue weighted by Crippen LogP contribution is 2.45. The maximum Gasteiger partial charge on any atom is 0.407 e. The first-order valence-electron chi connectivity index (χ1n) is 11.6. The van der Waals surface area contributed by atoms with Gasteiger partial charge in [0.15, 0.2) is 0 Å². The Hall–Kier alpha value is -2.99. The minimum Gasteiger partial charge on any atom is -0.478 e. The minimum absolute atomic E-state index is 0.105. The van der Waals surface area contributed by atoms with Gasteiger partial charge >= 0.3 is 12.1 Å². The zero-order chi connectivity index (χ0) is 27.6. The summed E-state index contributed by atoms with van der Waals surface area (Å²) in [5.74, 6) is -1.88. The van der Waals surface area contributed by atoms with Crippen molar-refractivity contribution in [1.29, 1.82) is 0 Å². The van der Waals surface area contributed by atoms with Crippen LogP contribution in [0.3, 0.4) is 0 Å². The van der Waals surface area contributed by atoms with E-state index in [0.29, 0.717) is 24.9 Å². The van der Waals surface area contributed by atoms with Crippen molar-refractivity contribution in [3.63, 3.8) is 0 Å². The molecule has 2 aromatic heterocycles. The monoisotopic (exact) mass is 541 g/mol. The van der Waals surface area contributed by atoms with Crippen molar-refractivity contribution in [2.75, 3.05) is 0 Å². The third-order valence-corrected chi connectivity index (χ3v) is 8.71. The summed E-state index contributed by atoms with van der Waals surface area (Å²) >= 11 is 0. The average Bonchev–Trinajstić information content (AvgIpc) is 3.35. The van der Waals surface area contributed by atoms with E-state index in [1.807, 2.05) is 11.5 Å². The molecule has 200 valence electrons. The van der Waals surface area contributed by atoms with Crippen LogP contribution in [0.25, 0.3) is 22.3 Å². The summed E-state index contributed by atoms with van der Waals surface area (Å²) in [4.78, 5) is 16.1. The number of alkyl halides is 3. The molecule has 1 aliphatic rings. The van der Waals surface area contributed by atoms with Crippen LogP contribution in [0, 0.1) is 12.7 Å². The van der Waals surface area contributed by atoms with Gasteiger partial charge in [-0.05, 0) is 70.4 Å². The Labute approximate surface area is 211 Å². The number of fused-ring (bicyclic) bond motifs is 1. The first kappa shape index (κ1) is 27.1. The molecule has 0 bridgehead atoms. The summed E-state index contributed by atoms with van der Waals surface area (Å²) in [5.41, 5.74) is -2.27. The molecule has 0 spiro atoms. The fourth-order valence-corrected chi connectivity index (χ4v) is 6.27. The van der Waals surface area contributed by atoms with Crippen molar-refractivity contribution in [1.82, 2.24) is 14.3 Å². The molecule has 2 N–H and O–H groups in total. The molecule has 0 radical (unpaired) electrons. The average molecular weight is 542 g/mol. The zero-order valence-corrected chi connectivity index (χ0v) is 21.5. The highest BCUT2D eigenvalue weighted by molar-refractivity contribution is 7.89. The Morgan fingerprint density at radius 2 is 1.78 bits per heavy atom. The second-order valence-electron chi connectivity index (χ2n) is 10.3. The quantitative estimate of drug-likeness (QED) is 0.387. The Bertz CT molecular complexity index is 1490. The second kappa shape index (κ2) is 8.80. The van der Waals surface area contributed by atoms with Gasteiger partial charge in [0.2, 0.25) is 10.0 Å². The number of hydrogen-bond acceptors (Lipinski definition) is 4. The van der Waals surface area contributed by atoms with Gasteiger partial charge in [0, 0.05) is 17.1 Å². The number of carboxylic acid groups (broad SMARTS) is 1. The number of aryl methyl sites for hydroxylation is 1. The number of aromatic carboxylic acids is 1. The molecule has 2 heterocycles. The Balaban J connectivity index is 1.92. The number of pyridine rings is 1. The number of rotatable bonds is 6. The maximum atomic E-state index is 14.5. The van der Waals surface area contributed by atoms with E-state index in [0.717, 1.165) is 37.9 Å². The summed E-state index contributed by atoms with van der Waals surface area (Å²) in [7, 11) is -4.61. The molecule has 3 aromatic rings. The van der Waals surface area contributed by atoms with Crippen LogP contribution < -0.4 is 4.72 Å². The molecule has 0 atom stereocenters. The van der Waals surface area contributed by atoms with Crippen LogP contribution >= 0.6 is 0 Å². The zero-order valence-electron chi connectivity index (χ0n) is 20.7. The van der Waals surface area contributed by atoms with Crippen LogP contribution in [-0.2, 0) is 15.6 Å². The molecule has 4 rings (SSSR count). The molecule has 12 heteroatoms. The van der Waals surface area contributed by atoms with E-state index >= 15 is 0 Å². The largest absolute Gasteiger partial charge is 0.478 e. The summed E-state index contributed by atoms with van der Waals surface area (Å²) in [5, 5.41) is 10.3. The SMILES string of the molecule is Cc1cc2c(cc1F)c(C(=O)O)c(-c1ccc(S(=O)(=O)NC(C)(C)C(F)(F)F)cn1)n2C1(C)CCCC1. The smallest absolute Gasteiger partial charge is 0.407 e. The fourth-order valence-electron chi connectivity index (χ4n) is 4.92. The van der Waals surface area contributed by atoms with E-state index in [1.54, 1.807) is 17.7 Å². The van der Waals surface area contributed by atoms with Gasteiger partial charge < -0.3 is 9.67 Å². The second-order valence-corrected chi connectivity index (χ2v) is 12.0. The van der Waals surface area contributed by atoms with E-state index in [9.17, 15) is 35.9 Å². The minimum atomic E-state index is -4.84. The van der Waals surface area contributed by atoms with Gasteiger partial charge in [-0.2, -0.15) is 17.9 Å². The van der Waals surface area contributed by atoms with Crippen molar-refractivity contribution in [2.45, 2.75) is 75.5 Å². The van der Waals surface area contributed by atoms with Gasteiger partial charge in [-0.15, -0.1) is 0 Å². The molecule has 1 fully saturated rings. The van der Waals surface area contributed by atoms with Crippen LogP contribution in [0.5, 0.6) is 0 Å². The lowest BCUT2D eigenvalue weighted by Crippen LogP contribution is -2.54. The molecule has 0 unspecified atom stereocenters. The molecule has 1 aromatic carbocycles. The standard InChI is InChI=1S/C25H27F4N3O4S/c1-14-11-19-16(12-17(14)26)20(22(33)34)21(32(19)24(4)9-5-6-10-24)18-8-7-15(13-30-18)37(35,36)31-23(2,3)25(27,28)29/h7-8,11-13,31H,5-6,9-10H2,1-4H3,(H,33,34). The molecule has 0 aliphatic heterocycles. The lowest BCUT2D eigenvalue weighted by atomic mass is 9.99. The van der Waals surface area contributed by atoms with Crippen LogP contribution in [0.2, 0.25) is 0 Å². The topological polar surface area (TPSA) is 101 Å². The Morgan fingerprint density at radius 3 is 2.30 bits per heavy atom. The van der Waals surface area contributed by atoms with E-state index in [2.05, 4.69) is 4.98 Å². The molecular weight excluding hydrogens is 514 g/mol. The van der Waals surface area contributed by atoms with Gasteiger partial charge in [0.1, 0.15) is 16.3 Å². The van der Waals surface area contributed by atoms with Crippen LogP contribution in [0.15, 0.2) is 35.4 Å². The van der Waals surface area contributed by atoms with Crippen LogP contribution in [0.4, 0.5) is 17.6 Å². The number of halogens is 4. The first-order chi connectivity index (χ1) is 17.0. The number of sulfonamides is 1. The summed E-state index contributed by atoms with van der Waals surface area (Å²) in [6, 6.07) is 5.10. The van der Waals surface area contributed by atoms with Gasteiger partial charge in [-0.3, -0.25) is 4.98 Å². The van der Waals surface area contributed by atoms with Crippen molar-refractivity contribution >= 4 is 26.9 Å². The number of hydrogen-bond donors (Lipinski definition) is 2. The van der Waals surface area contributed by atoms with E-state index in [-0.39, 0.29) is 22.3 Å². The highest BCUT2D eigenvalue weighted by atomic mass is 32.2. The van der Waals surface area contributed by atoms with E-state index in [1.165, 1.54) is 12.1 Å². The summed E-state index contributed by atoms with van der Waals surface area (Å²) < 4.78 is 83.1. The van der Waals surface area contributed by atoms with E-state index in [4.69, 9.17) is 0 Å². The maximum absolute atomic E-state index is 14.5. The third kappa shape index (κ3) is 4.61. The van der Waals surface area contributed by atoms with Crippen molar-refractivity contribution in [3.8, 4) is 11.4 Å². The molecule has 0 saturated heterocycles. The number of carboxylic acids is 1. The number of nitrogens with zero attached hydrogens (tertiary/aromatic N) is 2. The van der Waals surface area contributed by atoms with Gasteiger partial charge in [-0.25, -0.2) is 17.6 Å². The summed E-state index contributed by atoms with van der Waals surface area (Å²) in [6.45, 7) is 4.96. The Morgan fingerprint density at radius 1 is 1.16 bits per heavy atom. The van der Waals surface area contributed by atoms with Crippen molar-refractivity contribution in [3.05, 3.63) is 47.4 Å². The van der Waals surface area contributed by atoms with E-state index < -0.39 is 44.0 Å². The highest BCUT2D eigenvalue weighted by Gasteiger charge is 2.50. The normalized spacial score (nSPS) is 16.4. The summed E-state index contributed by atoms with van der Waals surface area (Å²) in [6.07, 6.45) is -0.660. The number of aromatic nitrogens is 2. The lowest BCUT2D eigenvalue weighted by molar-refractivity contribution is -0.180. The van der Waals surface area contributed by atoms with Crippen LogP contribution in [-0.4, -0.2) is 40.8 Å². The van der Waals surface area contributed by atoms with Gasteiger partial charge in [-0.1, -0.05) is 12.8 Å². The fraction of sp³-hybridized carbons (Fsp3) is 0.440. The number of nitrogens with one attached hydrogen (secondary N) is 1. The lowest BCUT2D eigenvalue weighted by Gasteiger charge is -2.30. The van der Waals surface area contributed by atoms with Crippen molar-refractivity contribution in [2.24, 2.45) is 0 Å². The third-order valence-electron chi connectivity index (χ3n) is 7.07. The predicted octanol–water partition coefficient (Wildman–Crippen LogP) is 5.76. The molecular formula is C25H27F4N3O4S. The van der Waals surface area contributed by atoms with Gasteiger partial charge in [0.25, 0.3) is 0 Å². The molecule has 1 aliphatic carbocycles. The molecule has 0 amide bonds. The molecule has 7 nitrogen and oxygen atoms in total. The van der Waals surface area contributed by atoms with Gasteiger partial charge in [0.05, 0.1) is 22.5 Å². The predicted molar refractivity (Wildman–Crippen MR) is 129 cm³/mol. The van der Waals surface area contributed by atoms with Crippen LogP contribution in [0.1, 0.15) is 62.4 Å². The molecule has 1 saturated carbocycles. The molecule has 37 heavy (non-hydrogen) atoms. The number of carbonyl (C=O) groups is 1. The number of benzene rings is 1. The van der Waals surface area contributed by atoms with Crippen molar-refractivity contribution < 1.29 is 35.9 Å².